The van der Waals surface area contributed by atoms with Gasteiger partial charge in [0.2, 0.25) is 0 Å². The summed E-state index contributed by atoms with van der Waals surface area (Å²) in [6.45, 7) is -1.93. The Morgan fingerprint density at radius 1 is 1.50 bits per heavy atom. The first-order chi connectivity index (χ1) is 5.00. The molecule has 10 heavy (non-hydrogen) atoms. The van der Waals surface area contributed by atoms with Gasteiger partial charge in [-0.05, 0) is 0 Å². The molecular weight excluding hydrogens is 141 g/mol. The highest BCUT2D eigenvalue weighted by Crippen LogP contribution is 1.96. The van der Waals surface area contributed by atoms with E-state index in [0.717, 1.165) is 0 Å². The van der Waals surface area contributed by atoms with E-state index in [0.29, 0.717) is 0 Å². The topological polar surface area (TPSA) is 98.0 Å². The molecule has 0 aromatic rings. The van der Waals surface area contributed by atoms with Gasteiger partial charge in [0.25, 0.3) is 0 Å². The van der Waals surface area contributed by atoms with Crippen molar-refractivity contribution >= 4 is 6.29 Å². The second-order valence-electron chi connectivity index (χ2n) is 1.76. The molecule has 0 heterocycles. The maximum atomic E-state index is 9.81. The first-order valence-electron chi connectivity index (χ1n) is 3.18. The highest BCUT2D eigenvalue weighted by atomic mass is 16.4. The van der Waals surface area contributed by atoms with E-state index in [4.69, 9.17) is 21.8 Å². The van der Waals surface area contributed by atoms with Crippen LogP contribution in [0, 0.1) is 0 Å². The number of carbonyl (C=O) groups excluding carboxylic acids is 1. The largest absolute Gasteiger partial charge is 0.394 e. The van der Waals surface area contributed by atoms with Gasteiger partial charge in [-0.2, -0.15) is 0 Å². The van der Waals surface area contributed by atoms with Gasteiger partial charge in [-0.15, -0.1) is 0 Å². The molecule has 0 aliphatic rings. The predicted molar refractivity (Wildman–Crippen MR) is 31.2 cm³/mol. The Kier molecular flexibility index (Phi) is 3.31. The van der Waals surface area contributed by atoms with Crippen molar-refractivity contribution in [1.82, 2.24) is 0 Å². The molecule has 0 fully saturated rings. The third kappa shape index (κ3) is 2.40. The van der Waals surface area contributed by atoms with Crippen LogP contribution in [0.1, 0.15) is 1.37 Å². The summed E-state index contributed by atoms with van der Waals surface area (Å²) in [5, 5.41) is 34.4. The summed E-state index contributed by atoms with van der Waals surface area (Å²) in [7, 11) is 0. The smallest absolute Gasteiger partial charge is 0.151 e. The first-order valence-corrected chi connectivity index (χ1v) is 2.60. The number of aldehydes is 1. The van der Waals surface area contributed by atoms with Crippen LogP contribution in [-0.4, -0.2) is 51.6 Å². The number of hydrogen-bond acceptors (Lipinski definition) is 5. The fourth-order valence-corrected chi connectivity index (χ4v) is 0.371. The minimum absolute atomic E-state index is 0.0102. The van der Waals surface area contributed by atoms with E-state index in [1.54, 1.807) is 0 Å². The van der Waals surface area contributed by atoms with Gasteiger partial charge < -0.3 is 25.2 Å². The Labute approximate surface area is 58.9 Å². The monoisotopic (exact) mass is 152 g/mol. The third-order valence-corrected chi connectivity index (χ3v) is 0.992. The van der Waals surface area contributed by atoms with Gasteiger partial charge in [0.1, 0.15) is 18.3 Å². The highest BCUT2D eigenvalue weighted by Gasteiger charge is 2.22. The second-order valence-corrected chi connectivity index (χ2v) is 1.76. The molecule has 1 unspecified atom stereocenters. The van der Waals surface area contributed by atoms with Gasteiger partial charge in [-0.3, -0.25) is 0 Å². The van der Waals surface area contributed by atoms with E-state index in [1.807, 2.05) is 0 Å². The quantitative estimate of drug-likeness (QED) is 0.259. The third-order valence-electron chi connectivity index (χ3n) is 0.992. The summed E-state index contributed by atoms with van der Waals surface area (Å²) in [6.07, 6.45) is -5.42. The van der Waals surface area contributed by atoms with Crippen molar-refractivity contribution in [3.8, 4) is 0 Å². The average molecular weight is 152 g/mol. The van der Waals surface area contributed by atoms with Crippen molar-refractivity contribution in [3.63, 3.8) is 0 Å². The molecule has 5 heteroatoms. The summed E-state index contributed by atoms with van der Waals surface area (Å²) in [5.74, 6) is 0. The van der Waals surface area contributed by atoms with Gasteiger partial charge in [-0.1, -0.05) is 0 Å². The maximum absolute atomic E-state index is 9.81. The molecule has 4 N–H and O–H groups in total. The SMILES string of the molecule is [2H][13CH](O)[C@@H](O)[C@@H](O)[C@@H](O)C=O. The molecule has 0 spiro atoms. The normalized spacial score (nSPS) is 24.2. The Balaban J connectivity index is 4.00. The Morgan fingerprint density at radius 2 is 2.00 bits per heavy atom. The number of aliphatic hydroxyl groups is 4. The Bertz CT molecular complexity index is 128. The molecule has 0 aliphatic heterocycles. The van der Waals surface area contributed by atoms with Crippen LogP contribution in [0.2, 0.25) is 0 Å². The maximum Gasteiger partial charge on any atom is 0.151 e. The zero-order valence-electron chi connectivity index (χ0n) is 6.08. The van der Waals surface area contributed by atoms with E-state index in [1.165, 1.54) is 0 Å². The van der Waals surface area contributed by atoms with Crippen LogP contribution in [0.25, 0.3) is 0 Å². The summed E-state index contributed by atoms with van der Waals surface area (Å²) in [6, 6.07) is 0. The number of carbonyl (C=O) groups is 1. The zero-order chi connectivity index (χ0) is 9.02. The lowest BCUT2D eigenvalue weighted by molar-refractivity contribution is -0.127. The summed E-state index contributed by atoms with van der Waals surface area (Å²) < 4.78 is 6.50. The predicted octanol–water partition coefficient (Wildman–Crippen LogP) is -2.74. The molecule has 0 amide bonds. The van der Waals surface area contributed by atoms with E-state index in [9.17, 15) is 4.79 Å². The lowest BCUT2D eigenvalue weighted by Crippen LogP contribution is -2.40. The Hall–Kier alpha value is -0.490. The van der Waals surface area contributed by atoms with E-state index in [2.05, 4.69) is 0 Å². The molecule has 0 aliphatic carbocycles. The van der Waals surface area contributed by atoms with Crippen LogP contribution < -0.4 is 0 Å². The van der Waals surface area contributed by atoms with Crippen LogP contribution in [0.15, 0.2) is 0 Å². The van der Waals surface area contributed by atoms with Gasteiger partial charge >= 0.3 is 0 Å². The minimum Gasteiger partial charge on any atom is -0.394 e. The summed E-state index contributed by atoms with van der Waals surface area (Å²) >= 11 is 0. The highest BCUT2D eigenvalue weighted by molar-refractivity contribution is 5.56. The molecule has 0 saturated heterocycles. The van der Waals surface area contributed by atoms with E-state index < -0.39 is 24.9 Å². The van der Waals surface area contributed by atoms with E-state index in [-0.39, 0.29) is 6.29 Å². The molecule has 0 saturated carbocycles. The molecule has 60 valence electrons. The van der Waals surface area contributed by atoms with Crippen molar-refractivity contribution < 1.29 is 26.6 Å². The van der Waals surface area contributed by atoms with Crippen molar-refractivity contribution in [1.29, 1.82) is 0 Å². The fourth-order valence-electron chi connectivity index (χ4n) is 0.371. The molecule has 0 bridgehead atoms. The minimum atomic E-state index is -1.93. The van der Waals surface area contributed by atoms with Gasteiger partial charge in [0.05, 0.1) is 7.95 Å². The van der Waals surface area contributed by atoms with Gasteiger partial charge in [0.15, 0.2) is 6.29 Å². The standard InChI is InChI=1S/C5H10O5/c6-1-3(8)5(10)4(9)2-7/h1,3-5,7-10H,2H2/t3-,4+,5-/m0/s1/i2+1D/t2?,3-,4+,5-. The molecular formula is C5H10O5. The average Bonchev–Trinajstić information content (AvgIpc) is 2.00. The first kappa shape index (κ1) is 7.62. The van der Waals surface area contributed by atoms with Gasteiger partial charge in [-0.25, -0.2) is 0 Å². The fraction of sp³-hybridized carbons (Fsp3) is 0.800. The Morgan fingerprint density at radius 3 is 2.30 bits per heavy atom. The van der Waals surface area contributed by atoms with Crippen LogP contribution >= 0.6 is 0 Å². The van der Waals surface area contributed by atoms with E-state index >= 15 is 0 Å². The summed E-state index contributed by atoms with van der Waals surface area (Å²) in [4.78, 5) is 9.81. The lowest BCUT2D eigenvalue weighted by atomic mass is 10.2. The van der Waals surface area contributed by atoms with Crippen LogP contribution in [-0.2, 0) is 4.79 Å². The molecule has 4 atom stereocenters. The van der Waals surface area contributed by atoms with Crippen LogP contribution in [0.3, 0.4) is 0 Å². The molecule has 0 rings (SSSR count). The second kappa shape index (κ2) is 4.35. The lowest BCUT2D eigenvalue weighted by Gasteiger charge is -2.16. The van der Waals surface area contributed by atoms with Crippen molar-refractivity contribution in [3.05, 3.63) is 0 Å². The molecule has 0 aromatic heterocycles. The zero-order valence-corrected chi connectivity index (χ0v) is 5.08. The van der Waals surface area contributed by atoms with Crippen LogP contribution in [0.5, 0.6) is 0 Å². The number of rotatable bonds is 4. The van der Waals surface area contributed by atoms with Crippen LogP contribution in [0.4, 0.5) is 0 Å². The molecule has 5 nitrogen and oxygen atoms in total. The number of aliphatic hydroxyl groups excluding tert-OH is 4. The molecule has 0 radical (unpaired) electrons. The van der Waals surface area contributed by atoms with Gasteiger partial charge in [0, 0.05) is 0 Å². The number of hydrogen-bond donors (Lipinski definition) is 4. The summed E-state index contributed by atoms with van der Waals surface area (Å²) in [5.41, 5.74) is 0. The molecule has 0 aromatic carbocycles. The van der Waals surface area contributed by atoms with Crippen molar-refractivity contribution in [2.45, 2.75) is 18.3 Å². The van der Waals surface area contributed by atoms with Crippen molar-refractivity contribution in [2.24, 2.45) is 0 Å². The van der Waals surface area contributed by atoms with Crippen molar-refractivity contribution in [2.75, 3.05) is 6.58 Å².